The van der Waals surface area contributed by atoms with E-state index in [0.29, 0.717) is 18.0 Å². The molecule has 2 N–H and O–H groups in total. The zero-order valence-electron chi connectivity index (χ0n) is 12.9. The Morgan fingerprint density at radius 3 is 2.65 bits per heavy atom. The summed E-state index contributed by atoms with van der Waals surface area (Å²) in [6.45, 7) is 0.329. The number of carbonyl (C=O) groups excluding carboxylic acids is 1. The van der Waals surface area contributed by atoms with Gasteiger partial charge in [0.15, 0.2) is 0 Å². The number of anilines is 1. The lowest BCUT2D eigenvalue weighted by Crippen LogP contribution is -2.40. The molecule has 23 heavy (non-hydrogen) atoms. The van der Waals surface area contributed by atoms with Gasteiger partial charge in [0.25, 0.3) is 0 Å². The summed E-state index contributed by atoms with van der Waals surface area (Å²) in [5.74, 6) is -0.111. The number of nitrogens with zero attached hydrogens (tertiary/aromatic N) is 1. The van der Waals surface area contributed by atoms with Gasteiger partial charge in [-0.3, -0.25) is 9.69 Å². The van der Waals surface area contributed by atoms with E-state index in [0.717, 1.165) is 4.90 Å². The molecule has 0 saturated heterocycles. The van der Waals surface area contributed by atoms with Crippen LogP contribution in [0.2, 0.25) is 0 Å². The van der Waals surface area contributed by atoms with Gasteiger partial charge in [0.05, 0.1) is 25.4 Å². The van der Waals surface area contributed by atoms with Crippen molar-refractivity contribution in [2.45, 2.75) is 19.5 Å². The molecule has 0 heterocycles. The first-order chi connectivity index (χ1) is 10.9. The third-order valence-corrected chi connectivity index (χ3v) is 2.86. The predicted molar refractivity (Wildman–Crippen MR) is 80.4 cm³/mol. The van der Waals surface area contributed by atoms with Crippen LogP contribution in [0.1, 0.15) is 13.3 Å². The molecule has 0 unspecified atom stereocenters. The minimum Gasteiger partial charge on any atom is -0.492 e. The van der Waals surface area contributed by atoms with E-state index in [1.165, 1.54) is 0 Å². The van der Waals surface area contributed by atoms with E-state index < -0.39 is 25.2 Å². The van der Waals surface area contributed by atoms with Crippen LogP contribution in [0.25, 0.3) is 0 Å². The molecule has 8 heteroatoms. The van der Waals surface area contributed by atoms with E-state index in [2.05, 4.69) is 5.32 Å². The van der Waals surface area contributed by atoms with Crippen LogP contribution in [0.4, 0.5) is 18.9 Å². The summed E-state index contributed by atoms with van der Waals surface area (Å²) < 4.78 is 42.9. The summed E-state index contributed by atoms with van der Waals surface area (Å²) in [6.07, 6.45) is -4.24. The quantitative estimate of drug-likeness (QED) is 0.727. The monoisotopic (exact) mass is 334 g/mol. The van der Waals surface area contributed by atoms with Crippen molar-refractivity contribution < 1.29 is 27.8 Å². The SMILES string of the molecule is CCOc1ccccc1NC(=O)CN(CCCO)CC(F)(F)F. The maximum absolute atomic E-state index is 12.5. The fraction of sp³-hybridized carbons (Fsp3) is 0.533. The highest BCUT2D eigenvalue weighted by molar-refractivity contribution is 5.93. The highest BCUT2D eigenvalue weighted by Gasteiger charge is 2.31. The standard InChI is InChI=1S/C15H21F3N2O3/c1-2-23-13-7-4-3-6-12(13)19-14(22)10-20(8-5-9-21)11-15(16,17)18/h3-4,6-7,21H,2,5,8-11H2,1H3,(H,19,22). The number of rotatable bonds is 9. The van der Waals surface area contributed by atoms with Gasteiger partial charge in [0.2, 0.25) is 5.91 Å². The number of hydrogen-bond donors (Lipinski definition) is 2. The molecule has 0 aromatic heterocycles. The minimum absolute atomic E-state index is 0.0173. The Hall–Kier alpha value is -1.80. The van der Waals surface area contributed by atoms with Crippen molar-refractivity contribution in [2.75, 3.05) is 38.2 Å². The molecule has 0 spiro atoms. The second kappa shape index (κ2) is 9.36. The third kappa shape index (κ3) is 7.85. The van der Waals surface area contributed by atoms with Crippen LogP contribution < -0.4 is 10.1 Å². The zero-order chi connectivity index (χ0) is 17.3. The number of halogens is 3. The van der Waals surface area contributed by atoms with E-state index in [-0.39, 0.29) is 19.6 Å². The van der Waals surface area contributed by atoms with Gasteiger partial charge in [-0.1, -0.05) is 12.1 Å². The molecule has 0 aliphatic carbocycles. The lowest BCUT2D eigenvalue weighted by atomic mass is 10.3. The number of amides is 1. The van der Waals surface area contributed by atoms with Gasteiger partial charge < -0.3 is 15.2 Å². The summed E-state index contributed by atoms with van der Waals surface area (Å²) in [7, 11) is 0. The van der Waals surface area contributed by atoms with Crippen molar-refractivity contribution in [1.82, 2.24) is 4.90 Å². The minimum atomic E-state index is -4.40. The topological polar surface area (TPSA) is 61.8 Å². The van der Waals surface area contributed by atoms with Crippen molar-refractivity contribution in [3.8, 4) is 5.75 Å². The number of hydrogen-bond acceptors (Lipinski definition) is 4. The second-order valence-electron chi connectivity index (χ2n) is 4.88. The van der Waals surface area contributed by atoms with E-state index in [1.54, 1.807) is 31.2 Å². The third-order valence-electron chi connectivity index (χ3n) is 2.86. The molecule has 0 bridgehead atoms. The first kappa shape index (κ1) is 19.2. The molecule has 5 nitrogen and oxygen atoms in total. The Bertz CT molecular complexity index is 495. The smallest absolute Gasteiger partial charge is 0.401 e. The zero-order valence-corrected chi connectivity index (χ0v) is 12.9. The number of alkyl halides is 3. The normalized spacial score (nSPS) is 11.6. The van der Waals surface area contributed by atoms with Crippen LogP contribution in [-0.2, 0) is 4.79 Å². The van der Waals surface area contributed by atoms with Crippen LogP contribution in [0.5, 0.6) is 5.75 Å². The van der Waals surface area contributed by atoms with Crippen molar-refractivity contribution in [3.05, 3.63) is 24.3 Å². The molecule has 0 saturated carbocycles. The van der Waals surface area contributed by atoms with Crippen molar-refractivity contribution in [2.24, 2.45) is 0 Å². The second-order valence-corrected chi connectivity index (χ2v) is 4.88. The average molecular weight is 334 g/mol. The molecule has 0 aliphatic rings. The van der Waals surface area contributed by atoms with Crippen LogP contribution in [-0.4, -0.2) is 54.9 Å². The first-order valence-corrected chi connectivity index (χ1v) is 7.27. The summed E-state index contributed by atoms with van der Waals surface area (Å²) in [5.41, 5.74) is 0.411. The van der Waals surface area contributed by atoms with Gasteiger partial charge in [0.1, 0.15) is 5.75 Å². The van der Waals surface area contributed by atoms with Crippen LogP contribution >= 0.6 is 0 Å². The lowest BCUT2D eigenvalue weighted by molar-refractivity contribution is -0.148. The maximum atomic E-state index is 12.5. The number of aliphatic hydroxyl groups is 1. The average Bonchev–Trinajstić information content (AvgIpc) is 2.45. The fourth-order valence-electron chi connectivity index (χ4n) is 2.01. The summed E-state index contributed by atoms with van der Waals surface area (Å²) in [5, 5.41) is 11.3. The Kier molecular flexibility index (Phi) is 7.84. The molecule has 1 aromatic carbocycles. The van der Waals surface area contributed by atoms with Gasteiger partial charge in [-0.15, -0.1) is 0 Å². The van der Waals surface area contributed by atoms with Crippen LogP contribution in [0, 0.1) is 0 Å². The summed E-state index contributed by atoms with van der Waals surface area (Å²) in [6, 6.07) is 6.71. The van der Waals surface area contributed by atoms with Crippen molar-refractivity contribution in [3.63, 3.8) is 0 Å². The largest absolute Gasteiger partial charge is 0.492 e. The molecular formula is C15H21F3N2O3. The van der Waals surface area contributed by atoms with Gasteiger partial charge in [0, 0.05) is 13.2 Å². The van der Waals surface area contributed by atoms with E-state index in [1.807, 2.05) is 0 Å². The maximum Gasteiger partial charge on any atom is 0.401 e. The van der Waals surface area contributed by atoms with E-state index in [9.17, 15) is 18.0 Å². The van der Waals surface area contributed by atoms with Gasteiger partial charge in [-0.2, -0.15) is 13.2 Å². The molecule has 0 atom stereocenters. The van der Waals surface area contributed by atoms with Crippen molar-refractivity contribution >= 4 is 11.6 Å². The predicted octanol–water partition coefficient (Wildman–Crippen LogP) is 2.27. The number of carbonyl (C=O) groups is 1. The van der Waals surface area contributed by atoms with E-state index in [4.69, 9.17) is 9.84 Å². The lowest BCUT2D eigenvalue weighted by Gasteiger charge is -2.23. The molecule has 1 rings (SSSR count). The Morgan fingerprint density at radius 1 is 1.35 bits per heavy atom. The molecule has 0 aliphatic heterocycles. The molecule has 0 radical (unpaired) electrons. The van der Waals surface area contributed by atoms with Crippen LogP contribution in [0.15, 0.2) is 24.3 Å². The Balaban J connectivity index is 2.67. The number of ether oxygens (including phenoxy) is 1. The first-order valence-electron chi connectivity index (χ1n) is 7.27. The number of benzene rings is 1. The number of aliphatic hydroxyl groups excluding tert-OH is 1. The van der Waals surface area contributed by atoms with Crippen LogP contribution in [0.3, 0.4) is 0 Å². The number of nitrogens with one attached hydrogen (secondary N) is 1. The molecule has 130 valence electrons. The molecule has 1 aromatic rings. The fourth-order valence-corrected chi connectivity index (χ4v) is 2.01. The molecule has 0 fully saturated rings. The number of para-hydroxylation sites is 2. The Labute approximate surface area is 133 Å². The van der Waals surface area contributed by atoms with Gasteiger partial charge in [-0.25, -0.2) is 0 Å². The highest BCUT2D eigenvalue weighted by Crippen LogP contribution is 2.23. The van der Waals surface area contributed by atoms with Gasteiger partial charge >= 0.3 is 6.18 Å². The van der Waals surface area contributed by atoms with E-state index >= 15 is 0 Å². The summed E-state index contributed by atoms with van der Waals surface area (Å²) >= 11 is 0. The van der Waals surface area contributed by atoms with Crippen molar-refractivity contribution in [1.29, 1.82) is 0 Å². The Morgan fingerprint density at radius 2 is 2.04 bits per heavy atom. The molecular weight excluding hydrogens is 313 g/mol. The summed E-state index contributed by atoms with van der Waals surface area (Å²) in [4.78, 5) is 12.9. The highest BCUT2D eigenvalue weighted by atomic mass is 19.4. The van der Waals surface area contributed by atoms with Gasteiger partial charge in [-0.05, 0) is 25.5 Å². The molecule has 1 amide bonds.